The molecular weight excluding hydrogens is 664 g/mol. The zero-order chi connectivity index (χ0) is 36.8. The number of aromatic amines is 2. The van der Waals surface area contributed by atoms with E-state index in [9.17, 15) is 19.2 Å². The van der Waals surface area contributed by atoms with E-state index >= 15 is 0 Å². The number of ketones is 2. The molecule has 262 valence electrons. The number of anilines is 4. The number of fused-ring (bicyclic) bond motifs is 1. The van der Waals surface area contributed by atoms with Crippen LogP contribution in [-0.4, -0.2) is 61.3 Å². The Morgan fingerprint density at radius 1 is 0.712 bits per heavy atom. The number of nitrogens with zero attached hydrogens (tertiary/aromatic N) is 8. The van der Waals surface area contributed by atoms with Crippen LogP contribution in [0.1, 0.15) is 48.4 Å². The lowest BCUT2D eigenvalue weighted by molar-refractivity contribution is 0.101. The molecule has 52 heavy (non-hydrogen) atoms. The Morgan fingerprint density at radius 2 is 1.25 bits per heavy atom. The first-order valence-electron chi connectivity index (χ1n) is 16.3. The number of H-pyrrole nitrogens is 2. The van der Waals surface area contributed by atoms with Gasteiger partial charge in [0, 0.05) is 30.3 Å². The van der Waals surface area contributed by atoms with E-state index in [0.29, 0.717) is 47.3 Å². The highest BCUT2D eigenvalue weighted by molar-refractivity contribution is 6.06. The van der Waals surface area contributed by atoms with Gasteiger partial charge in [-0.25, -0.2) is 24.3 Å². The van der Waals surface area contributed by atoms with Crippen molar-refractivity contribution in [2.75, 3.05) is 10.6 Å². The summed E-state index contributed by atoms with van der Waals surface area (Å²) in [5.41, 5.74) is 3.48. The normalized spacial score (nSPS) is 10.8. The second kappa shape index (κ2) is 15.2. The summed E-state index contributed by atoms with van der Waals surface area (Å²) in [4.78, 5) is 65.8. The Labute approximate surface area is 296 Å². The van der Waals surface area contributed by atoms with E-state index in [-0.39, 0.29) is 39.6 Å². The Morgan fingerprint density at radius 3 is 1.73 bits per heavy atom. The molecule has 16 heteroatoms. The van der Waals surface area contributed by atoms with E-state index in [1.807, 2.05) is 74.5 Å². The highest BCUT2D eigenvalue weighted by atomic mass is 16.1. The average molecular weight is 699 g/mol. The molecule has 0 spiro atoms. The van der Waals surface area contributed by atoms with Gasteiger partial charge in [-0.3, -0.25) is 24.3 Å². The minimum atomic E-state index is -0.404. The molecule has 0 bridgehead atoms. The molecule has 0 saturated heterocycles. The number of aromatic nitrogens is 10. The molecule has 0 saturated carbocycles. The van der Waals surface area contributed by atoms with Crippen molar-refractivity contribution in [3.05, 3.63) is 117 Å². The predicted molar refractivity (Wildman–Crippen MR) is 196 cm³/mol. The maximum Gasteiger partial charge on any atom is 0.291 e. The lowest BCUT2D eigenvalue weighted by atomic mass is 10.0. The number of benzene rings is 2. The van der Waals surface area contributed by atoms with E-state index < -0.39 is 5.56 Å². The van der Waals surface area contributed by atoms with Crippen LogP contribution in [0.4, 0.5) is 23.0 Å². The molecule has 0 fully saturated rings. The third kappa shape index (κ3) is 6.98. The molecule has 0 aliphatic carbocycles. The first-order valence-corrected chi connectivity index (χ1v) is 16.3. The zero-order valence-corrected chi connectivity index (χ0v) is 28.7. The summed E-state index contributed by atoms with van der Waals surface area (Å²) in [7, 11) is 0. The van der Waals surface area contributed by atoms with Gasteiger partial charge in [0.05, 0.1) is 23.7 Å². The molecular formula is C36H34N12O4. The van der Waals surface area contributed by atoms with Gasteiger partial charge in [0.15, 0.2) is 23.0 Å². The van der Waals surface area contributed by atoms with Crippen LogP contribution in [0, 0.1) is 0 Å². The van der Waals surface area contributed by atoms with Crippen molar-refractivity contribution in [1.29, 1.82) is 0 Å². The molecule has 0 amide bonds. The fraction of sp³-hybridized carbons (Fsp3) is 0.167. The smallest absolute Gasteiger partial charge is 0.291 e. The number of carbonyl (C=O) groups excluding carboxylic acids is 2. The maximum absolute atomic E-state index is 13.0. The van der Waals surface area contributed by atoms with E-state index in [2.05, 4.69) is 51.0 Å². The largest absolute Gasteiger partial charge is 0.340 e. The van der Waals surface area contributed by atoms with Crippen LogP contribution < -0.4 is 21.8 Å². The van der Waals surface area contributed by atoms with Crippen molar-refractivity contribution in [3.8, 4) is 22.5 Å². The molecule has 5 aromatic heterocycles. The van der Waals surface area contributed by atoms with Crippen molar-refractivity contribution in [2.45, 2.75) is 40.8 Å². The lowest BCUT2D eigenvalue weighted by Crippen LogP contribution is -2.28. The SMILES string of the molecule is CCn1nc(-c2ccccc2)c(C(C)=O)c(Nc2ccn[nH]2)c1=O.CCn1nc(-c2ccccc2)c(C(C)=O)c(Nc2ncnc3nc[nH]c23)c1=O. The molecule has 2 aromatic carbocycles. The van der Waals surface area contributed by atoms with Gasteiger partial charge >= 0.3 is 0 Å². The fourth-order valence-electron chi connectivity index (χ4n) is 5.52. The number of rotatable bonds is 10. The van der Waals surface area contributed by atoms with Crippen molar-refractivity contribution in [3.63, 3.8) is 0 Å². The quantitative estimate of drug-likeness (QED) is 0.137. The van der Waals surface area contributed by atoms with Crippen LogP contribution in [0.2, 0.25) is 0 Å². The molecule has 4 N–H and O–H groups in total. The van der Waals surface area contributed by atoms with Gasteiger partial charge in [0.1, 0.15) is 40.4 Å². The van der Waals surface area contributed by atoms with Crippen molar-refractivity contribution in [1.82, 2.24) is 49.7 Å². The summed E-state index contributed by atoms with van der Waals surface area (Å²) < 4.78 is 2.66. The Balaban J connectivity index is 0.000000181. The Bertz CT molecular complexity index is 2490. The van der Waals surface area contributed by atoms with E-state index in [1.165, 1.54) is 35.9 Å². The molecule has 0 aliphatic rings. The van der Waals surface area contributed by atoms with Gasteiger partial charge in [-0.1, -0.05) is 60.7 Å². The molecule has 0 aliphatic heterocycles. The number of imidazole rings is 1. The first-order chi connectivity index (χ1) is 25.2. The molecule has 0 atom stereocenters. The number of aryl methyl sites for hydroxylation is 2. The summed E-state index contributed by atoms with van der Waals surface area (Å²) in [5, 5.41) is 21.4. The van der Waals surface area contributed by atoms with Gasteiger partial charge < -0.3 is 15.6 Å². The number of Topliss-reactive ketones (excluding diaryl/α,β-unsaturated/α-hetero) is 2. The highest BCUT2D eigenvalue weighted by Gasteiger charge is 2.24. The van der Waals surface area contributed by atoms with Gasteiger partial charge in [-0.2, -0.15) is 15.3 Å². The third-order valence-corrected chi connectivity index (χ3v) is 7.94. The van der Waals surface area contributed by atoms with Crippen molar-refractivity contribution >= 4 is 45.7 Å². The Hall–Kier alpha value is -7.10. The molecule has 0 unspecified atom stereocenters. The lowest BCUT2D eigenvalue weighted by Gasteiger charge is -2.15. The number of nitrogens with one attached hydrogen (secondary N) is 4. The molecule has 0 radical (unpaired) electrons. The molecule has 16 nitrogen and oxygen atoms in total. The van der Waals surface area contributed by atoms with Crippen LogP contribution in [-0.2, 0) is 13.1 Å². The average Bonchev–Trinajstić information content (AvgIpc) is 3.87. The number of hydrogen-bond donors (Lipinski definition) is 4. The second-order valence-corrected chi connectivity index (χ2v) is 11.3. The van der Waals surface area contributed by atoms with Crippen LogP contribution in [0.3, 0.4) is 0 Å². The summed E-state index contributed by atoms with van der Waals surface area (Å²) in [6.45, 7) is 7.24. The fourth-order valence-corrected chi connectivity index (χ4v) is 5.52. The summed E-state index contributed by atoms with van der Waals surface area (Å²) in [6, 6.07) is 20.3. The third-order valence-electron chi connectivity index (χ3n) is 7.94. The number of carbonyl (C=O) groups is 2. The van der Waals surface area contributed by atoms with Gasteiger partial charge in [-0.05, 0) is 27.7 Å². The van der Waals surface area contributed by atoms with Gasteiger partial charge in [-0.15, -0.1) is 0 Å². The zero-order valence-electron chi connectivity index (χ0n) is 28.7. The summed E-state index contributed by atoms with van der Waals surface area (Å²) >= 11 is 0. The number of hydrogen-bond acceptors (Lipinski definition) is 12. The summed E-state index contributed by atoms with van der Waals surface area (Å²) in [6.07, 6.45) is 4.40. The van der Waals surface area contributed by atoms with Crippen LogP contribution in [0.15, 0.2) is 95.2 Å². The second-order valence-electron chi connectivity index (χ2n) is 11.3. The topological polar surface area (TPSA) is 211 Å². The van der Waals surface area contributed by atoms with Crippen LogP contribution >= 0.6 is 0 Å². The van der Waals surface area contributed by atoms with Crippen molar-refractivity contribution in [2.24, 2.45) is 0 Å². The van der Waals surface area contributed by atoms with E-state index in [1.54, 1.807) is 12.3 Å². The van der Waals surface area contributed by atoms with Gasteiger partial charge in [0.2, 0.25) is 0 Å². The van der Waals surface area contributed by atoms with Crippen molar-refractivity contribution < 1.29 is 9.59 Å². The molecule has 7 rings (SSSR count). The minimum absolute atomic E-state index is 0.123. The Kier molecular flexibility index (Phi) is 10.2. The van der Waals surface area contributed by atoms with E-state index in [4.69, 9.17) is 0 Å². The van der Waals surface area contributed by atoms with Gasteiger partial charge in [0.25, 0.3) is 11.1 Å². The molecule has 7 aromatic rings. The predicted octanol–water partition coefficient (Wildman–Crippen LogP) is 5.14. The van der Waals surface area contributed by atoms with Crippen LogP contribution in [0.25, 0.3) is 33.7 Å². The monoisotopic (exact) mass is 698 g/mol. The minimum Gasteiger partial charge on any atom is -0.340 e. The first kappa shape index (κ1) is 34.8. The van der Waals surface area contributed by atoms with Crippen LogP contribution in [0.5, 0.6) is 0 Å². The highest BCUT2D eigenvalue weighted by Crippen LogP contribution is 2.29. The molecule has 5 heterocycles. The standard InChI is InChI=1S/C19H17N7O2.C17H17N5O2/c1-3-26-19(28)15(24-18-16-17(21-9-20-16)22-10-23-18)13(11(2)27)14(25-26)12-7-5-4-6-8-12;1-3-22-17(24)16(19-13-9-10-18-20-13)14(11(2)23)15(21-22)12-7-5-4-6-8-12/h4-10H,3H2,1-2H3,(H2,20,21,22,23,24);4-10H,3H2,1-2H3,(H2,18,19,20). The summed E-state index contributed by atoms with van der Waals surface area (Å²) in [5.74, 6) is 0.380. The maximum atomic E-state index is 13.0. The van der Waals surface area contributed by atoms with E-state index in [0.717, 1.165) is 11.1 Å².